The number of benzene rings is 1. The van der Waals surface area contributed by atoms with Gasteiger partial charge in [0.1, 0.15) is 11.6 Å². The number of anilines is 3. The lowest BCUT2D eigenvalue weighted by molar-refractivity contribution is 0.204. The second kappa shape index (κ2) is 8.88. The van der Waals surface area contributed by atoms with E-state index in [1.165, 1.54) is 25.9 Å². The quantitative estimate of drug-likeness (QED) is 0.375. The van der Waals surface area contributed by atoms with Gasteiger partial charge >= 0.3 is 0 Å². The Balaban J connectivity index is 0.00000152. The average Bonchev–Trinajstić information content (AvgIpc) is 3.45. The number of H-pyrrole nitrogens is 1. The van der Waals surface area contributed by atoms with E-state index in [1.807, 2.05) is 32.0 Å². The summed E-state index contributed by atoms with van der Waals surface area (Å²) in [5.74, 6) is 2.46. The Hall–Kier alpha value is -3.17. The Bertz CT molecular complexity index is 1330. The molecule has 2 N–H and O–H groups in total. The summed E-state index contributed by atoms with van der Waals surface area (Å²) in [5, 5.41) is 12.5. The molecule has 0 radical (unpaired) electrons. The van der Waals surface area contributed by atoms with Gasteiger partial charge < -0.3 is 10.2 Å². The second-order valence-corrected chi connectivity index (χ2v) is 10.2. The van der Waals surface area contributed by atoms with Gasteiger partial charge in [0.05, 0.1) is 5.52 Å². The van der Waals surface area contributed by atoms with Crippen LogP contribution in [0.4, 0.5) is 17.5 Å². The third-order valence-electron chi connectivity index (χ3n) is 6.51. The number of likely N-dealkylation sites (tertiary alicyclic amines) is 1. The molecule has 2 aliphatic heterocycles. The minimum absolute atomic E-state index is 0. The van der Waals surface area contributed by atoms with Crippen molar-refractivity contribution in [1.82, 2.24) is 30.0 Å². The molecule has 2 saturated heterocycles. The van der Waals surface area contributed by atoms with Crippen molar-refractivity contribution in [3.05, 3.63) is 53.9 Å². The van der Waals surface area contributed by atoms with E-state index in [9.17, 15) is 0 Å². The number of rotatable bonds is 6. The molecule has 0 aliphatic carbocycles. The Morgan fingerprint density at radius 2 is 1.82 bits per heavy atom. The van der Waals surface area contributed by atoms with Gasteiger partial charge in [-0.2, -0.15) is 5.10 Å². The lowest BCUT2D eigenvalue weighted by Crippen LogP contribution is -2.59. The highest BCUT2D eigenvalue weighted by molar-refractivity contribution is 7.99. The van der Waals surface area contributed by atoms with E-state index in [2.05, 4.69) is 54.6 Å². The third-order valence-corrected chi connectivity index (χ3v) is 7.36. The summed E-state index contributed by atoms with van der Waals surface area (Å²) in [5.41, 5.74) is 3.03. The van der Waals surface area contributed by atoms with Crippen LogP contribution in [0.25, 0.3) is 10.9 Å². The molecule has 178 valence electrons. The highest BCUT2D eigenvalue weighted by Gasteiger charge is 2.34. The fraction of sp³-hybridized carbons (Fsp3) is 0.360. The van der Waals surface area contributed by atoms with E-state index >= 15 is 0 Å². The van der Waals surface area contributed by atoms with Crippen LogP contribution < -0.4 is 10.2 Å². The van der Waals surface area contributed by atoms with Crippen LogP contribution in [0.5, 0.6) is 0 Å². The van der Waals surface area contributed by atoms with Crippen LogP contribution in [0, 0.1) is 13.8 Å². The molecule has 0 atom stereocenters. The first kappa shape index (κ1) is 21.4. The summed E-state index contributed by atoms with van der Waals surface area (Å²) < 4.78 is 0. The Morgan fingerprint density at radius 3 is 2.62 bits per heavy atom. The number of aromatic nitrogens is 5. The Labute approximate surface area is 206 Å². The van der Waals surface area contributed by atoms with E-state index in [0.717, 1.165) is 62.9 Å². The molecule has 6 rings (SSSR count). The number of pyridine rings is 1. The standard InChI is InChI=1S/C25H28N8S.2H2/c1-16-5-6-18-12-20(7-8-21(18)26-16)34-25-28-22(27-23-11-17(2)30-31-23)13-24(29-25)33-14-19(15-33)32-9-3-4-10-32;;/h5-8,11-13,19H,3-4,9-10,14-15H2,1-2H3,(H2,27,28,29,30,31);2*1H. The first-order chi connectivity index (χ1) is 16.6. The molecule has 4 aromatic rings. The molecule has 0 spiro atoms. The molecule has 2 aliphatic rings. The summed E-state index contributed by atoms with van der Waals surface area (Å²) in [6.07, 6.45) is 2.64. The summed E-state index contributed by atoms with van der Waals surface area (Å²) in [6, 6.07) is 15.1. The van der Waals surface area contributed by atoms with Gasteiger partial charge in [-0.25, -0.2) is 9.97 Å². The van der Waals surface area contributed by atoms with E-state index < -0.39 is 0 Å². The van der Waals surface area contributed by atoms with Crippen LogP contribution in [0.3, 0.4) is 0 Å². The van der Waals surface area contributed by atoms with Crippen LogP contribution in [-0.2, 0) is 0 Å². The summed E-state index contributed by atoms with van der Waals surface area (Å²) in [7, 11) is 0. The molecule has 0 saturated carbocycles. The van der Waals surface area contributed by atoms with Gasteiger partial charge in [0, 0.05) is 55.8 Å². The van der Waals surface area contributed by atoms with Gasteiger partial charge in [-0.3, -0.25) is 15.0 Å². The second-order valence-electron chi connectivity index (χ2n) is 9.17. The zero-order valence-electron chi connectivity index (χ0n) is 19.5. The Morgan fingerprint density at radius 1 is 0.971 bits per heavy atom. The van der Waals surface area contributed by atoms with Crippen molar-refractivity contribution in [2.24, 2.45) is 0 Å². The zero-order chi connectivity index (χ0) is 23.1. The predicted octanol–water partition coefficient (Wildman–Crippen LogP) is 5.04. The maximum atomic E-state index is 4.93. The molecular weight excluding hydrogens is 444 g/mol. The first-order valence-corrected chi connectivity index (χ1v) is 12.6. The average molecular weight is 477 g/mol. The normalized spacial score (nSPS) is 16.8. The van der Waals surface area contributed by atoms with Gasteiger partial charge in [-0.05, 0) is 75.8 Å². The fourth-order valence-electron chi connectivity index (χ4n) is 4.65. The van der Waals surface area contributed by atoms with E-state index in [0.29, 0.717) is 6.04 Å². The predicted molar refractivity (Wildman–Crippen MR) is 140 cm³/mol. The lowest BCUT2D eigenvalue weighted by atomic mass is 10.1. The fourth-order valence-corrected chi connectivity index (χ4v) is 5.47. The SMILES string of the molecule is Cc1ccc2cc(Sc3nc(Nc4cc(C)[nH]n4)cc(N4CC(N5CCCC5)C4)n3)ccc2n1.[HH].[HH]. The first-order valence-electron chi connectivity index (χ1n) is 11.8. The number of fused-ring (bicyclic) bond motifs is 1. The number of nitrogens with zero attached hydrogens (tertiary/aromatic N) is 6. The summed E-state index contributed by atoms with van der Waals surface area (Å²) in [4.78, 5) is 20.4. The van der Waals surface area contributed by atoms with Crippen molar-refractivity contribution in [3.8, 4) is 0 Å². The molecule has 2 fully saturated rings. The largest absolute Gasteiger partial charge is 0.353 e. The van der Waals surface area contributed by atoms with E-state index in [-0.39, 0.29) is 2.85 Å². The lowest BCUT2D eigenvalue weighted by Gasteiger charge is -2.44. The van der Waals surface area contributed by atoms with Gasteiger partial charge in [0.2, 0.25) is 0 Å². The topological polar surface area (TPSA) is 85.9 Å². The number of aromatic amines is 1. The van der Waals surface area contributed by atoms with Gasteiger partial charge in [-0.1, -0.05) is 6.07 Å². The van der Waals surface area contributed by atoms with Crippen LogP contribution in [0.15, 0.2) is 52.5 Å². The molecular formula is C25H32N8S. The van der Waals surface area contributed by atoms with Crippen molar-refractivity contribution in [2.75, 3.05) is 36.4 Å². The van der Waals surface area contributed by atoms with Crippen molar-refractivity contribution < 1.29 is 2.85 Å². The monoisotopic (exact) mass is 476 g/mol. The molecule has 34 heavy (non-hydrogen) atoms. The van der Waals surface area contributed by atoms with E-state index in [4.69, 9.17) is 9.97 Å². The van der Waals surface area contributed by atoms with Crippen molar-refractivity contribution >= 4 is 40.1 Å². The van der Waals surface area contributed by atoms with Crippen LogP contribution >= 0.6 is 11.8 Å². The number of hydrogen-bond acceptors (Lipinski definition) is 8. The van der Waals surface area contributed by atoms with Gasteiger partial charge in [0.25, 0.3) is 0 Å². The Kier molecular flexibility index (Phi) is 5.58. The van der Waals surface area contributed by atoms with Crippen LogP contribution in [0.1, 0.15) is 27.1 Å². The molecule has 8 nitrogen and oxygen atoms in total. The maximum Gasteiger partial charge on any atom is 0.196 e. The molecule has 1 aromatic carbocycles. The summed E-state index contributed by atoms with van der Waals surface area (Å²) >= 11 is 1.57. The number of nitrogens with one attached hydrogen (secondary N) is 2. The van der Waals surface area contributed by atoms with Crippen LogP contribution in [-0.4, -0.2) is 62.3 Å². The van der Waals surface area contributed by atoms with Crippen LogP contribution in [0.2, 0.25) is 0 Å². The molecule has 0 bridgehead atoms. The molecule has 9 heteroatoms. The molecule has 0 amide bonds. The molecule has 0 unspecified atom stereocenters. The highest BCUT2D eigenvalue weighted by Crippen LogP contribution is 2.32. The number of aryl methyl sites for hydroxylation is 2. The molecule has 5 heterocycles. The van der Waals surface area contributed by atoms with Gasteiger partial charge in [-0.15, -0.1) is 0 Å². The van der Waals surface area contributed by atoms with Crippen molar-refractivity contribution in [1.29, 1.82) is 0 Å². The molecule has 3 aromatic heterocycles. The third kappa shape index (κ3) is 4.45. The zero-order valence-corrected chi connectivity index (χ0v) is 20.3. The minimum atomic E-state index is 0. The van der Waals surface area contributed by atoms with Crippen molar-refractivity contribution in [3.63, 3.8) is 0 Å². The van der Waals surface area contributed by atoms with E-state index in [1.54, 1.807) is 11.8 Å². The smallest absolute Gasteiger partial charge is 0.196 e. The highest BCUT2D eigenvalue weighted by atomic mass is 32.2. The summed E-state index contributed by atoms with van der Waals surface area (Å²) in [6.45, 7) is 8.49. The minimum Gasteiger partial charge on any atom is -0.353 e. The van der Waals surface area contributed by atoms with Crippen molar-refractivity contribution in [2.45, 2.75) is 42.8 Å². The number of hydrogen-bond donors (Lipinski definition) is 2. The maximum absolute atomic E-state index is 4.93. The van der Waals surface area contributed by atoms with Gasteiger partial charge in [0.15, 0.2) is 11.0 Å².